The van der Waals surface area contributed by atoms with Crippen LogP contribution in [0.2, 0.25) is 0 Å². The minimum absolute atomic E-state index is 0.786. The number of thiophene rings is 1. The van der Waals surface area contributed by atoms with Gasteiger partial charge < -0.3 is 0 Å². The van der Waals surface area contributed by atoms with Gasteiger partial charge in [0, 0.05) is 10.6 Å². The van der Waals surface area contributed by atoms with Crippen LogP contribution in [0.3, 0.4) is 0 Å². The van der Waals surface area contributed by atoms with Crippen molar-refractivity contribution in [1.82, 2.24) is 19.6 Å². The average molecular weight is 318 g/mol. The molecule has 4 rings (SSSR count). The van der Waals surface area contributed by atoms with E-state index in [0.717, 1.165) is 40.1 Å². The van der Waals surface area contributed by atoms with Gasteiger partial charge in [-0.1, -0.05) is 25.6 Å². The molecule has 0 aromatic carbocycles. The Bertz CT molecular complexity index is 805. The monoisotopic (exact) mass is 318 g/mol. The van der Waals surface area contributed by atoms with Crippen molar-refractivity contribution >= 4 is 39.0 Å². The molecule has 0 aliphatic heterocycles. The van der Waals surface area contributed by atoms with Crippen molar-refractivity contribution in [2.75, 3.05) is 5.75 Å². The van der Waals surface area contributed by atoms with Crippen LogP contribution < -0.4 is 0 Å². The van der Waals surface area contributed by atoms with E-state index in [-0.39, 0.29) is 0 Å². The minimum atomic E-state index is 0.786. The first-order valence-electron chi connectivity index (χ1n) is 7.54. The summed E-state index contributed by atoms with van der Waals surface area (Å²) in [6.45, 7) is 4.54. The molecule has 1 atom stereocenters. The van der Waals surface area contributed by atoms with Crippen molar-refractivity contribution in [2.24, 2.45) is 5.92 Å². The number of hydrogen-bond donors (Lipinski definition) is 0. The summed E-state index contributed by atoms with van der Waals surface area (Å²) >= 11 is 3.66. The molecule has 110 valence electrons. The fourth-order valence-electron chi connectivity index (χ4n) is 3.03. The lowest BCUT2D eigenvalue weighted by Crippen LogP contribution is -2.08. The molecule has 1 aliphatic rings. The average Bonchev–Trinajstić information content (AvgIpc) is 3.07. The third-order valence-corrected chi connectivity index (χ3v) is 6.41. The van der Waals surface area contributed by atoms with E-state index in [4.69, 9.17) is 4.98 Å². The molecule has 0 saturated carbocycles. The molecule has 3 aromatic rings. The van der Waals surface area contributed by atoms with Crippen molar-refractivity contribution in [3.8, 4) is 0 Å². The standard InChI is InChI=1S/C15H18N4S2/c1-3-6-20-15-17-14-12(13-18-16-8-19(13)15)10-5-4-9(2)7-11(10)21-14/h8-9H,3-7H2,1-2H3/t9-/m0/s1. The van der Waals surface area contributed by atoms with E-state index >= 15 is 0 Å². The van der Waals surface area contributed by atoms with Gasteiger partial charge in [-0.3, -0.25) is 4.40 Å². The van der Waals surface area contributed by atoms with Gasteiger partial charge in [0.2, 0.25) is 0 Å². The summed E-state index contributed by atoms with van der Waals surface area (Å²) in [6.07, 6.45) is 6.56. The van der Waals surface area contributed by atoms with Crippen LogP contribution in [0.5, 0.6) is 0 Å². The lowest BCUT2D eigenvalue weighted by atomic mass is 9.89. The fourth-order valence-corrected chi connectivity index (χ4v) is 5.28. The van der Waals surface area contributed by atoms with Crippen LogP contribution in [0.4, 0.5) is 0 Å². The molecular weight excluding hydrogens is 300 g/mol. The Balaban J connectivity index is 1.96. The fraction of sp³-hybridized carbons (Fsp3) is 0.533. The highest BCUT2D eigenvalue weighted by Gasteiger charge is 2.24. The second kappa shape index (κ2) is 5.25. The van der Waals surface area contributed by atoms with Gasteiger partial charge in [0.15, 0.2) is 10.8 Å². The molecule has 0 amide bonds. The van der Waals surface area contributed by atoms with Gasteiger partial charge in [0.1, 0.15) is 11.2 Å². The lowest BCUT2D eigenvalue weighted by molar-refractivity contribution is 0.509. The van der Waals surface area contributed by atoms with E-state index in [2.05, 4.69) is 28.4 Å². The zero-order valence-electron chi connectivity index (χ0n) is 12.3. The van der Waals surface area contributed by atoms with Crippen molar-refractivity contribution in [2.45, 2.75) is 44.7 Å². The largest absolute Gasteiger partial charge is 0.259 e. The second-order valence-electron chi connectivity index (χ2n) is 5.80. The Labute approximate surface area is 132 Å². The molecule has 0 saturated heterocycles. The van der Waals surface area contributed by atoms with Crippen LogP contribution in [-0.2, 0) is 12.8 Å². The van der Waals surface area contributed by atoms with Crippen LogP contribution >= 0.6 is 23.1 Å². The molecule has 6 heteroatoms. The minimum Gasteiger partial charge on any atom is -0.259 e. The van der Waals surface area contributed by atoms with Crippen LogP contribution in [0, 0.1) is 5.92 Å². The molecule has 0 N–H and O–H groups in total. The van der Waals surface area contributed by atoms with E-state index in [1.54, 1.807) is 18.1 Å². The Morgan fingerprint density at radius 3 is 3.24 bits per heavy atom. The van der Waals surface area contributed by atoms with E-state index in [1.165, 1.54) is 28.7 Å². The third-order valence-electron chi connectivity index (χ3n) is 4.10. The highest BCUT2D eigenvalue weighted by Crippen LogP contribution is 2.39. The smallest absolute Gasteiger partial charge is 0.176 e. The Hall–Kier alpha value is -1.14. The molecule has 1 aliphatic carbocycles. The number of aryl methyl sites for hydroxylation is 1. The van der Waals surface area contributed by atoms with Crippen molar-refractivity contribution in [3.63, 3.8) is 0 Å². The first-order chi connectivity index (χ1) is 10.3. The maximum atomic E-state index is 4.91. The quantitative estimate of drug-likeness (QED) is 0.541. The van der Waals surface area contributed by atoms with Crippen LogP contribution in [-0.4, -0.2) is 25.3 Å². The van der Waals surface area contributed by atoms with Crippen LogP contribution in [0.15, 0.2) is 11.5 Å². The van der Waals surface area contributed by atoms with Gasteiger partial charge in [0.25, 0.3) is 0 Å². The summed E-state index contributed by atoms with van der Waals surface area (Å²) in [7, 11) is 0. The van der Waals surface area contributed by atoms with E-state index < -0.39 is 0 Å². The summed E-state index contributed by atoms with van der Waals surface area (Å²) in [5.74, 6) is 1.86. The normalized spacial score (nSPS) is 18.5. The molecular formula is C15H18N4S2. The zero-order valence-corrected chi connectivity index (χ0v) is 13.9. The molecule has 0 radical (unpaired) electrons. The van der Waals surface area contributed by atoms with Crippen molar-refractivity contribution in [1.29, 1.82) is 0 Å². The van der Waals surface area contributed by atoms with Gasteiger partial charge in [0.05, 0.1) is 5.39 Å². The summed E-state index contributed by atoms with van der Waals surface area (Å²) in [5, 5.41) is 10.8. The molecule has 0 bridgehead atoms. The van der Waals surface area contributed by atoms with Gasteiger partial charge in [-0.05, 0) is 37.2 Å². The predicted octanol–water partition coefficient (Wildman–Crippen LogP) is 3.97. The number of aromatic nitrogens is 4. The second-order valence-corrected chi connectivity index (χ2v) is 7.94. The van der Waals surface area contributed by atoms with Gasteiger partial charge in [-0.25, -0.2) is 4.98 Å². The van der Waals surface area contributed by atoms with Crippen LogP contribution in [0.1, 0.15) is 37.1 Å². The summed E-state index contributed by atoms with van der Waals surface area (Å²) in [5.41, 5.74) is 2.47. The van der Waals surface area contributed by atoms with Crippen molar-refractivity contribution < 1.29 is 0 Å². The first kappa shape index (κ1) is 13.5. The molecule has 0 spiro atoms. The first-order valence-corrected chi connectivity index (χ1v) is 9.35. The van der Waals surface area contributed by atoms with E-state index in [1.807, 2.05) is 11.3 Å². The maximum absolute atomic E-state index is 4.91. The highest BCUT2D eigenvalue weighted by molar-refractivity contribution is 7.99. The number of rotatable bonds is 3. The molecule has 0 unspecified atom stereocenters. The summed E-state index contributed by atoms with van der Waals surface area (Å²) < 4.78 is 2.06. The van der Waals surface area contributed by atoms with Gasteiger partial charge >= 0.3 is 0 Å². The lowest BCUT2D eigenvalue weighted by Gasteiger charge is -2.17. The Kier molecular flexibility index (Phi) is 3.38. The molecule has 3 aromatic heterocycles. The van der Waals surface area contributed by atoms with Crippen LogP contribution in [0.25, 0.3) is 15.9 Å². The molecule has 0 fully saturated rings. The SMILES string of the molecule is CCCSc1nc2sc3c(c2c2nncn12)CC[C@H](C)C3. The number of hydrogen-bond acceptors (Lipinski definition) is 5. The number of fused-ring (bicyclic) bond motifs is 5. The number of nitrogens with zero attached hydrogens (tertiary/aromatic N) is 4. The summed E-state index contributed by atoms with van der Waals surface area (Å²) in [6, 6.07) is 0. The molecule has 4 nitrogen and oxygen atoms in total. The van der Waals surface area contributed by atoms with Gasteiger partial charge in [-0.15, -0.1) is 21.5 Å². The zero-order chi connectivity index (χ0) is 14.4. The van der Waals surface area contributed by atoms with Gasteiger partial charge in [-0.2, -0.15) is 0 Å². The van der Waals surface area contributed by atoms with E-state index in [9.17, 15) is 0 Å². The molecule has 3 heterocycles. The summed E-state index contributed by atoms with van der Waals surface area (Å²) in [4.78, 5) is 7.57. The number of thioether (sulfide) groups is 1. The maximum Gasteiger partial charge on any atom is 0.176 e. The Morgan fingerprint density at radius 2 is 2.38 bits per heavy atom. The molecule has 21 heavy (non-hydrogen) atoms. The predicted molar refractivity (Wildman–Crippen MR) is 88.4 cm³/mol. The van der Waals surface area contributed by atoms with E-state index in [0.29, 0.717) is 0 Å². The van der Waals surface area contributed by atoms with Crippen molar-refractivity contribution in [3.05, 3.63) is 16.8 Å². The highest BCUT2D eigenvalue weighted by atomic mass is 32.2. The third kappa shape index (κ3) is 2.16. The topological polar surface area (TPSA) is 43.1 Å². The Morgan fingerprint density at radius 1 is 1.48 bits per heavy atom.